The van der Waals surface area contributed by atoms with E-state index in [9.17, 15) is 28.8 Å². The topological polar surface area (TPSA) is 168 Å². The Morgan fingerprint density at radius 3 is 1.95 bits per heavy atom. The van der Waals surface area contributed by atoms with E-state index >= 15 is 0 Å². The van der Waals surface area contributed by atoms with Gasteiger partial charge in [-0.1, -0.05) is 39.1 Å². The summed E-state index contributed by atoms with van der Waals surface area (Å²) < 4.78 is 0. The lowest BCUT2D eigenvalue weighted by Gasteiger charge is -2.41. The van der Waals surface area contributed by atoms with Crippen LogP contribution in [0.25, 0.3) is 0 Å². The van der Waals surface area contributed by atoms with Gasteiger partial charge in [-0.2, -0.15) is 11.8 Å². The number of nitrogens with zero attached hydrogens (tertiary/aromatic N) is 3. The number of aliphatic hydroxyl groups is 1. The molecule has 1 aliphatic rings. The SMILES string of the molecule is C=CC(=O)N1CN(C(=O)C=C)CN(C(=O)CCSCC(=O)N[C@H](C(=O)N[C@@H](C)C(=O)Nc2ccc(CO)cc2)C(C)C)C1. The minimum Gasteiger partial charge on any atom is -0.392 e. The lowest BCUT2D eigenvalue weighted by molar-refractivity contribution is -0.154. The van der Waals surface area contributed by atoms with Gasteiger partial charge in [0.05, 0.1) is 32.4 Å². The fourth-order valence-electron chi connectivity index (χ4n) is 3.99. The van der Waals surface area contributed by atoms with E-state index in [4.69, 9.17) is 5.11 Å². The van der Waals surface area contributed by atoms with Crippen molar-refractivity contribution < 1.29 is 33.9 Å². The van der Waals surface area contributed by atoms with Crippen molar-refractivity contribution in [2.24, 2.45) is 5.92 Å². The first-order chi connectivity index (χ1) is 20.4. The molecule has 1 heterocycles. The van der Waals surface area contributed by atoms with Crippen LogP contribution in [0.4, 0.5) is 5.69 Å². The molecule has 0 radical (unpaired) electrons. The van der Waals surface area contributed by atoms with Crippen LogP contribution in [0.5, 0.6) is 0 Å². The second-order valence-electron chi connectivity index (χ2n) is 10.2. The molecule has 0 aromatic heterocycles. The van der Waals surface area contributed by atoms with Gasteiger partial charge in [-0.3, -0.25) is 28.8 Å². The number of amides is 6. The van der Waals surface area contributed by atoms with Crippen LogP contribution in [0.1, 0.15) is 32.8 Å². The summed E-state index contributed by atoms with van der Waals surface area (Å²) in [7, 11) is 0. The molecule has 0 aliphatic carbocycles. The Bertz CT molecular complexity index is 1180. The molecule has 13 nitrogen and oxygen atoms in total. The van der Waals surface area contributed by atoms with Crippen molar-refractivity contribution in [3.8, 4) is 0 Å². The molecule has 1 fully saturated rings. The summed E-state index contributed by atoms with van der Waals surface area (Å²) in [5.41, 5.74) is 1.21. The second kappa shape index (κ2) is 17.1. The number of hydrogen-bond donors (Lipinski definition) is 4. The molecule has 1 aliphatic heterocycles. The van der Waals surface area contributed by atoms with E-state index in [1.807, 2.05) is 0 Å². The molecule has 14 heteroatoms. The number of thioether (sulfide) groups is 1. The van der Waals surface area contributed by atoms with Gasteiger partial charge in [0, 0.05) is 17.9 Å². The van der Waals surface area contributed by atoms with Gasteiger partial charge >= 0.3 is 0 Å². The zero-order chi connectivity index (χ0) is 32.1. The smallest absolute Gasteiger partial charge is 0.248 e. The van der Waals surface area contributed by atoms with Gasteiger partial charge in [-0.15, -0.1) is 0 Å². The summed E-state index contributed by atoms with van der Waals surface area (Å²) >= 11 is 1.20. The van der Waals surface area contributed by atoms with Crippen LogP contribution in [0.3, 0.4) is 0 Å². The standard InChI is InChI=1S/C29H40N6O7S/c1-6-24(38)33-16-34(25(39)7-2)18-35(17-33)26(40)12-13-43-15-23(37)32-27(19(3)4)29(42)30-20(5)28(41)31-22-10-8-21(14-36)9-11-22/h6-11,19-20,27,36H,1-2,12-18H2,3-5H3,(H,30,42)(H,31,41)(H,32,37)/t20-,27-/m0/s1. The maximum Gasteiger partial charge on any atom is 0.248 e. The number of aliphatic hydroxyl groups excluding tert-OH is 1. The largest absolute Gasteiger partial charge is 0.392 e. The van der Waals surface area contributed by atoms with Crippen molar-refractivity contribution >= 4 is 52.9 Å². The van der Waals surface area contributed by atoms with Crippen LogP contribution in [0, 0.1) is 5.92 Å². The summed E-state index contributed by atoms with van der Waals surface area (Å²) in [6.45, 7) is 11.9. The van der Waals surface area contributed by atoms with Gasteiger partial charge in [-0.25, -0.2) is 0 Å². The molecular weight excluding hydrogens is 576 g/mol. The van der Waals surface area contributed by atoms with Crippen molar-refractivity contribution in [1.82, 2.24) is 25.3 Å². The van der Waals surface area contributed by atoms with E-state index < -0.39 is 41.6 Å². The predicted molar refractivity (Wildman–Crippen MR) is 163 cm³/mol. The molecule has 43 heavy (non-hydrogen) atoms. The zero-order valence-electron chi connectivity index (χ0n) is 24.7. The molecule has 234 valence electrons. The van der Waals surface area contributed by atoms with Crippen molar-refractivity contribution in [3.63, 3.8) is 0 Å². The molecule has 0 bridgehead atoms. The highest BCUT2D eigenvalue weighted by Crippen LogP contribution is 2.13. The number of rotatable bonds is 14. The van der Waals surface area contributed by atoms with E-state index in [1.54, 1.807) is 38.1 Å². The number of carbonyl (C=O) groups is 6. The first-order valence-electron chi connectivity index (χ1n) is 13.7. The monoisotopic (exact) mass is 616 g/mol. The molecule has 6 amide bonds. The Labute approximate surface area is 255 Å². The fraction of sp³-hybridized carbons (Fsp3) is 0.448. The zero-order valence-corrected chi connectivity index (χ0v) is 25.5. The van der Waals surface area contributed by atoms with E-state index in [0.717, 1.165) is 12.2 Å². The number of anilines is 1. The third kappa shape index (κ3) is 10.9. The molecule has 0 spiro atoms. The Morgan fingerprint density at radius 2 is 1.44 bits per heavy atom. The predicted octanol–water partition coefficient (Wildman–Crippen LogP) is 0.630. The molecule has 1 aromatic carbocycles. The summed E-state index contributed by atoms with van der Waals surface area (Å²) in [5, 5.41) is 17.2. The lowest BCUT2D eigenvalue weighted by Crippen LogP contribution is -2.59. The molecule has 2 atom stereocenters. The van der Waals surface area contributed by atoms with Crippen molar-refractivity contribution in [2.75, 3.05) is 36.8 Å². The number of carbonyl (C=O) groups excluding carboxylic acids is 6. The van der Waals surface area contributed by atoms with Crippen LogP contribution in [-0.2, 0) is 35.4 Å². The number of benzene rings is 1. The van der Waals surface area contributed by atoms with Crippen LogP contribution in [-0.4, -0.2) is 98.8 Å². The summed E-state index contributed by atoms with van der Waals surface area (Å²) in [6, 6.07) is 4.86. The van der Waals surface area contributed by atoms with Crippen molar-refractivity contribution in [2.45, 2.75) is 45.9 Å². The van der Waals surface area contributed by atoms with Crippen molar-refractivity contribution in [3.05, 3.63) is 55.1 Å². The van der Waals surface area contributed by atoms with Crippen LogP contribution >= 0.6 is 11.8 Å². The Morgan fingerprint density at radius 1 is 0.884 bits per heavy atom. The normalized spacial score (nSPS) is 14.4. The molecule has 4 N–H and O–H groups in total. The number of nitrogens with one attached hydrogen (secondary N) is 3. The van der Waals surface area contributed by atoms with Crippen molar-refractivity contribution in [1.29, 1.82) is 0 Å². The second-order valence-corrected chi connectivity index (χ2v) is 11.3. The minimum atomic E-state index is -0.885. The maximum atomic E-state index is 12.9. The average Bonchev–Trinajstić information content (AvgIpc) is 3.00. The molecule has 2 rings (SSSR count). The Hall–Kier alpha value is -4.17. The van der Waals surface area contributed by atoms with Gasteiger partial charge in [-0.05, 0) is 42.7 Å². The first-order valence-corrected chi connectivity index (χ1v) is 14.8. The van der Waals surface area contributed by atoms with Gasteiger partial charge < -0.3 is 35.8 Å². The summed E-state index contributed by atoms with van der Waals surface area (Å²) in [4.78, 5) is 79.1. The van der Waals surface area contributed by atoms with Gasteiger partial charge in [0.25, 0.3) is 0 Å². The van der Waals surface area contributed by atoms with E-state index in [1.165, 1.54) is 33.4 Å². The fourth-order valence-corrected chi connectivity index (χ4v) is 4.72. The number of hydrogen-bond acceptors (Lipinski definition) is 8. The van der Waals surface area contributed by atoms with E-state index in [0.29, 0.717) is 17.0 Å². The molecule has 1 saturated heterocycles. The lowest BCUT2D eigenvalue weighted by atomic mass is 10.0. The highest BCUT2D eigenvalue weighted by molar-refractivity contribution is 7.99. The van der Waals surface area contributed by atoms with Gasteiger partial charge in [0.2, 0.25) is 35.4 Å². The van der Waals surface area contributed by atoms with E-state index in [-0.39, 0.29) is 50.6 Å². The highest BCUT2D eigenvalue weighted by atomic mass is 32.2. The molecule has 1 aromatic rings. The van der Waals surface area contributed by atoms with Gasteiger partial charge in [0.1, 0.15) is 12.1 Å². The summed E-state index contributed by atoms with van der Waals surface area (Å²) in [5.74, 6) is -2.48. The average molecular weight is 617 g/mol. The molecule has 0 unspecified atom stereocenters. The first kappa shape index (κ1) is 35.0. The summed E-state index contributed by atoms with van der Waals surface area (Å²) in [6.07, 6.45) is 2.28. The quantitative estimate of drug-likeness (QED) is 0.174. The van der Waals surface area contributed by atoms with E-state index in [2.05, 4.69) is 29.1 Å². The third-order valence-corrected chi connectivity index (χ3v) is 7.42. The minimum absolute atomic E-state index is 0.00732. The Kier molecular flexibility index (Phi) is 13.9. The maximum absolute atomic E-state index is 12.9. The van der Waals surface area contributed by atoms with Crippen LogP contribution < -0.4 is 16.0 Å². The van der Waals surface area contributed by atoms with Crippen LogP contribution in [0.2, 0.25) is 0 Å². The molecule has 0 saturated carbocycles. The highest BCUT2D eigenvalue weighted by Gasteiger charge is 2.30. The molecular formula is C29H40N6O7S. The Balaban J connectivity index is 1.82. The van der Waals surface area contributed by atoms with Gasteiger partial charge in [0.15, 0.2) is 0 Å². The van der Waals surface area contributed by atoms with Crippen LogP contribution in [0.15, 0.2) is 49.6 Å². The third-order valence-electron chi connectivity index (χ3n) is 6.46.